The highest BCUT2D eigenvalue weighted by atomic mass is 16.1. The maximum atomic E-state index is 12.5. The van der Waals surface area contributed by atoms with Crippen LogP contribution >= 0.6 is 0 Å². The van der Waals surface area contributed by atoms with Gasteiger partial charge in [-0.15, -0.1) is 0 Å². The summed E-state index contributed by atoms with van der Waals surface area (Å²) in [7, 11) is 2.13. The molecule has 0 bridgehead atoms. The number of hydrogen-bond donors (Lipinski definition) is 2. The minimum atomic E-state index is 0.0375. The van der Waals surface area contributed by atoms with E-state index in [0.29, 0.717) is 12.5 Å². The van der Waals surface area contributed by atoms with Gasteiger partial charge in [-0.25, -0.2) is 0 Å². The molecule has 2 rings (SSSR count). The molecular weight excluding hydrogens is 250 g/mol. The zero-order valence-corrected chi connectivity index (χ0v) is 12.4. The van der Waals surface area contributed by atoms with Crippen LogP contribution in [0.1, 0.15) is 29.3 Å². The number of carbonyl (C=O) groups excluding carboxylic acids is 1. The van der Waals surface area contributed by atoms with E-state index in [4.69, 9.17) is 5.73 Å². The van der Waals surface area contributed by atoms with E-state index in [-0.39, 0.29) is 11.9 Å². The summed E-state index contributed by atoms with van der Waals surface area (Å²) in [5, 5.41) is 3.20. The second-order valence-electron chi connectivity index (χ2n) is 5.80. The molecule has 0 aromatic heterocycles. The fraction of sp³-hybridized carbons (Fsp3) is 0.562. The van der Waals surface area contributed by atoms with Gasteiger partial charge in [-0.1, -0.05) is 25.1 Å². The third kappa shape index (κ3) is 3.58. The molecule has 0 saturated carbocycles. The molecule has 4 heteroatoms. The van der Waals surface area contributed by atoms with Gasteiger partial charge < -0.3 is 16.0 Å². The van der Waals surface area contributed by atoms with Crippen molar-refractivity contribution in [1.82, 2.24) is 10.2 Å². The summed E-state index contributed by atoms with van der Waals surface area (Å²) in [6.45, 7) is 4.84. The van der Waals surface area contributed by atoms with Crippen LogP contribution in [-0.4, -0.2) is 43.5 Å². The van der Waals surface area contributed by atoms with E-state index < -0.39 is 0 Å². The molecule has 1 heterocycles. The van der Waals surface area contributed by atoms with Crippen molar-refractivity contribution in [2.75, 3.05) is 26.7 Å². The third-order valence-electron chi connectivity index (χ3n) is 4.10. The highest BCUT2D eigenvalue weighted by molar-refractivity contribution is 5.95. The fourth-order valence-corrected chi connectivity index (χ4v) is 2.93. The monoisotopic (exact) mass is 275 g/mol. The van der Waals surface area contributed by atoms with Crippen molar-refractivity contribution in [1.29, 1.82) is 0 Å². The molecule has 0 spiro atoms. The number of rotatable bonds is 4. The Labute approximate surface area is 121 Å². The van der Waals surface area contributed by atoms with Gasteiger partial charge in [-0.05, 0) is 50.5 Å². The van der Waals surface area contributed by atoms with Gasteiger partial charge in [0.25, 0.3) is 5.91 Å². The van der Waals surface area contributed by atoms with Crippen molar-refractivity contribution in [3.05, 3.63) is 35.4 Å². The number of nitrogens with one attached hydrogen (secondary N) is 1. The Morgan fingerprint density at radius 3 is 2.90 bits per heavy atom. The lowest BCUT2D eigenvalue weighted by Gasteiger charge is -2.35. The van der Waals surface area contributed by atoms with Gasteiger partial charge in [0.05, 0.1) is 0 Å². The lowest BCUT2D eigenvalue weighted by Crippen LogP contribution is -2.49. The summed E-state index contributed by atoms with van der Waals surface area (Å²) >= 11 is 0. The number of benzene rings is 1. The van der Waals surface area contributed by atoms with E-state index in [1.165, 1.54) is 0 Å². The molecule has 1 aromatic carbocycles. The van der Waals surface area contributed by atoms with Gasteiger partial charge >= 0.3 is 0 Å². The van der Waals surface area contributed by atoms with Crippen LogP contribution in [0.5, 0.6) is 0 Å². The number of piperidine rings is 1. The molecule has 3 N–H and O–H groups in total. The first-order valence-electron chi connectivity index (χ1n) is 7.39. The number of nitrogens with zero attached hydrogens (tertiary/aromatic N) is 1. The number of amides is 1. The Morgan fingerprint density at radius 1 is 1.45 bits per heavy atom. The smallest absolute Gasteiger partial charge is 0.251 e. The van der Waals surface area contributed by atoms with Gasteiger partial charge in [0.1, 0.15) is 0 Å². The summed E-state index contributed by atoms with van der Waals surface area (Å²) in [6, 6.07) is 8.01. The first kappa shape index (κ1) is 15.0. The maximum Gasteiger partial charge on any atom is 0.251 e. The third-order valence-corrected chi connectivity index (χ3v) is 4.10. The summed E-state index contributed by atoms with van der Waals surface area (Å²) in [6.07, 6.45) is 1.76. The van der Waals surface area contributed by atoms with Crippen LogP contribution < -0.4 is 11.1 Å². The predicted octanol–water partition coefficient (Wildman–Crippen LogP) is 1.26. The molecule has 1 amide bonds. The van der Waals surface area contributed by atoms with Crippen LogP contribution in [0, 0.1) is 5.92 Å². The molecule has 1 aromatic rings. The van der Waals surface area contributed by atoms with Crippen LogP contribution in [0.15, 0.2) is 24.3 Å². The van der Waals surface area contributed by atoms with Crippen molar-refractivity contribution in [3.8, 4) is 0 Å². The summed E-state index contributed by atoms with van der Waals surface area (Å²) in [5.41, 5.74) is 7.42. The Bertz CT molecular complexity index is 461. The first-order valence-corrected chi connectivity index (χ1v) is 7.39. The van der Waals surface area contributed by atoms with Gasteiger partial charge in [0.15, 0.2) is 0 Å². The molecule has 0 aliphatic carbocycles. The standard InChI is InChI=1S/C16H25N3O/c1-12-11-19(2)10-8-15(12)18-16(20)14-6-4-3-5-13(14)7-9-17/h3-6,12,15H,7-11,17H2,1-2H3,(H,18,20). The molecule has 1 aliphatic heterocycles. The second-order valence-corrected chi connectivity index (χ2v) is 5.80. The first-order chi connectivity index (χ1) is 9.61. The van der Waals surface area contributed by atoms with Crippen LogP contribution in [-0.2, 0) is 6.42 Å². The van der Waals surface area contributed by atoms with E-state index in [2.05, 4.69) is 24.2 Å². The fourth-order valence-electron chi connectivity index (χ4n) is 2.93. The average Bonchev–Trinajstić information content (AvgIpc) is 2.43. The minimum absolute atomic E-state index is 0.0375. The van der Waals surface area contributed by atoms with Crippen LogP contribution in [0.4, 0.5) is 0 Å². The zero-order chi connectivity index (χ0) is 14.5. The molecular formula is C16H25N3O. The van der Waals surface area contributed by atoms with Crippen LogP contribution in [0.2, 0.25) is 0 Å². The molecule has 1 aliphatic rings. The van der Waals surface area contributed by atoms with Crippen molar-refractivity contribution < 1.29 is 4.79 Å². The average molecular weight is 275 g/mol. The highest BCUT2D eigenvalue weighted by Crippen LogP contribution is 2.17. The largest absolute Gasteiger partial charge is 0.349 e. The predicted molar refractivity (Wildman–Crippen MR) is 81.7 cm³/mol. The summed E-state index contributed by atoms with van der Waals surface area (Å²) in [4.78, 5) is 14.8. The number of carbonyl (C=O) groups is 1. The normalized spacial score (nSPS) is 23.6. The van der Waals surface area contributed by atoms with Crippen molar-refractivity contribution in [2.45, 2.75) is 25.8 Å². The van der Waals surface area contributed by atoms with Gasteiger partial charge in [-0.2, -0.15) is 0 Å². The minimum Gasteiger partial charge on any atom is -0.349 e. The van der Waals surface area contributed by atoms with E-state index >= 15 is 0 Å². The lowest BCUT2D eigenvalue weighted by atomic mass is 9.93. The highest BCUT2D eigenvalue weighted by Gasteiger charge is 2.26. The quantitative estimate of drug-likeness (QED) is 0.869. The van der Waals surface area contributed by atoms with Gasteiger partial charge in [0.2, 0.25) is 0 Å². The second kappa shape index (κ2) is 6.86. The molecule has 4 nitrogen and oxygen atoms in total. The Kier molecular flexibility index (Phi) is 5.15. The number of likely N-dealkylation sites (tertiary alicyclic amines) is 1. The zero-order valence-electron chi connectivity index (χ0n) is 12.4. The topological polar surface area (TPSA) is 58.4 Å². The Balaban J connectivity index is 2.05. The van der Waals surface area contributed by atoms with Crippen molar-refractivity contribution in [3.63, 3.8) is 0 Å². The maximum absolute atomic E-state index is 12.5. The summed E-state index contributed by atoms with van der Waals surface area (Å²) in [5.74, 6) is 0.523. The molecule has 0 radical (unpaired) electrons. The SMILES string of the molecule is CC1CN(C)CCC1NC(=O)c1ccccc1CCN. The van der Waals surface area contributed by atoms with Crippen molar-refractivity contribution >= 4 is 5.91 Å². The number of nitrogens with two attached hydrogens (primary N) is 1. The van der Waals surface area contributed by atoms with E-state index in [1.807, 2.05) is 24.3 Å². The van der Waals surface area contributed by atoms with Gasteiger partial charge in [0, 0.05) is 18.2 Å². The molecule has 1 fully saturated rings. The van der Waals surface area contributed by atoms with E-state index in [9.17, 15) is 4.79 Å². The van der Waals surface area contributed by atoms with Crippen molar-refractivity contribution in [2.24, 2.45) is 11.7 Å². The molecule has 2 unspecified atom stereocenters. The summed E-state index contributed by atoms with van der Waals surface area (Å²) < 4.78 is 0. The molecule has 1 saturated heterocycles. The van der Waals surface area contributed by atoms with E-state index in [0.717, 1.165) is 37.1 Å². The molecule has 110 valence electrons. The molecule has 2 atom stereocenters. The Morgan fingerprint density at radius 2 is 2.20 bits per heavy atom. The number of hydrogen-bond acceptors (Lipinski definition) is 3. The lowest BCUT2D eigenvalue weighted by molar-refractivity contribution is 0.0883. The molecule has 20 heavy (non-hydrogen) atoms. The Hall–Kier alpha value is -1.39. The van der Waals surface area contributed by atoms with E-state index in [1.54, 1.807) is 0 Å². The van der Waals surface area contributed by atoms with Gasteiger partial charge in [-0.3, -0.25) is 4.79 Å². The van der Waals surface area contributed by atoms with Crippen LogP contribution in [0.25, 0.3) is 0 Å². The van der Waals surface area contributed by atoms with Crippen LogP contribution in [0.3, 0.4) is 0 Å².